The van der Waals surface area contributed by atoms with Crippen molar-refractivity contribution in [2.24, 2.45) is 5.84 Å². The molecule has 0 atom stereocenters. The summed E-state index contributed by atoms with van der Waals surface area (Å²) in [6.07, 6.45) is 6.50. The number of unbranched alkanes of at least 4 members (excludes halogenated alkanes) is 3. The number of hydrazine groups is 1. The second kappa shape index (κ2) is 7.63. The van der Waals surface area contributed by atoms with E-state index in [1.165, 1.54) is 0 Å². The number of nitrogens with two attached hydrogens (primary N) is 1. The van der Waals surface area contributed by atoms with Crippen molar-refractivity contribution >= 4 is 5.91 Å². The predicted octanol–water partition coefficient (Wildman–Crippen LogP) is 1.47. The minimum absolute atomic E-state index is 0.0857. The molecule has 3 N–H and O–H groups in total. The maximum Gasteiger partial charge on any atom is 0.233 e. The molecule has 0 aliphatic carbocycles. The van der Waals surface area contributed by atoms with Gasteiger partial charge in [-0.2, -0.15) is 0 Å². The summed E-state index contributed by atoms with van der Waals surface area (Å²) in [7, 11) is 0. The highest BCUT2D eigenvalue weighted by Gasteiger charge is 2.33. The average molecular weight is 244 g/mol. The summed E-state index contributed by atoms with van der Waals surface area (Å²) in [4.78, 5) is 10.9. The number of carbonyl (C=O) groups excluding carboxylic acids is 1. The Morgan fingerprint density at radius 1 is 1.24 bits per heavy atom. The molecule has 100 valence electrons. The first-order valence-electron chi connectivity index (χ1n) is 6.50. The van der Waals surface area contributed by atoms with Gasteiger partial charge >= 0.3 is 0 Å². The van der Waals surface area contributed by atoms with E-state index in [4.69, 9.17) is 15.3 Å². The Morgan fingerprint density at radius 2 is 1.88 bits per heavy atom. The topological polar surface area (TPSA) is 73.6 Å². The van der Waals surface area contributed by atoms with Crippen LogP contribution in [0.2, 0.25) is 0 Å². The van der Waals surface area contributed by atoms with Crippen LogP contribution in [0.4, 0.5) is 0 Å². The number of hydrogen-bond donors (Lipinski definition) is 2. The fraction of sp³-hybridized carbons (Fsp3) is 0.917. The second-order valence-corrected chi connectivity index (χ2v) is 4.44. The summed E-state index contributed by atoms with van der Waals surface area (Å²) in [6.45, 7) is 3.52. The molecule has 5 nitrogen and oxygen atoms in total. The van der Waals surface area contributed by atoms with Crippen molar-refractivity contribution in [2.45, 2.75) is 57.7 Å². The Balaban J connectivity index is 2.01. The van der Waals surface area contributed by atoms with Gasteiger partial charge in [-0.3, -0.25) is 10.2 Å². The van der Waals surface area contributed by atoms with E-state index in [-0.39, 0.29) is 11.7 Å². The molecule has 0 saturated carbocycles. The van der Waals surface area contributed by atoms with Gasteiger partial charge in [0, 0.05) is 12.8 Å². The van der Waals surface area contributed by atoms with E-state index in [0.717, 1.165) is 38.5 Å². The molecule has 1 heterocycles. The van der Waals surface area contributed by atoms with Crippen LogP contribution in [0.15, 0.2) is 0 Å². The van der Waals surface area contributed by atoms with E-state index < -0.39 is 0 Å². The zero-order valence-corrected chi connectivity index (χ0v) is 10.7. The number of carbonyl (C=O) groups is 1. The van der Waals surface area contributed by atoms with Crippen molar-refractivity contribution in [1.29, 1.82) is 0 Å². The van der Waals surface area contributed by atoms with E-state index in [9.17, 15) is 4.79 Å². The van der Waals surface area contributed by atoms with Gasteiger partial charge in [-0.05, 0) is 19.3 Å². The van der Waals surface area contributed by atoms with Gasteiger partial charge in [0.05, 0.1) is 13.2 Å². The molecule has 1 saturated heterocycles. The zero-order chi connectivity index (χ0) is 12.6. The van der Waals surface area contributed by atoms with Gasteiger partial charge in [0.2, 0.25) is 5.91 Å². The molecule has 1 fully saturated rings. The lowest BCUT2D eigenvalue weighted by Gasteiger charge is -2.25. The summed E-state index contributed by atoms with van der Waals surface area (Å²) in [5.74, 6) is 4.59. The minimum Gasteiger partial charge on any atom is -0.348 e. The van der Waals surface area contributed by atoms with Crippen molar-refractivity contribution in [2.75, 3.05) is 13.2 Å². The first-order valence-corrected chi connectivity index (χ1v) is 6.50. The zero-order valence-electron chi connectivity index (χ0n) is 10.7. The molecule has 0 aromatic heterocycles. The minimum atomic E-state index is -0.325. The monoisotopic (exact) mass is 244 g/mol. The van der Waals surface area contributed by atoms with Crippen molar-refractivity contribution in [3.8, 4) is 0 Å². The highest BCUT2D eigenvalue weighted by Crippen LogP contribution is 2.29. The summed E-state index contributed by atoms with van der Waals surface area (Å²) in [5, 5.41) is 0. The van der Waals surface area contributed by atoms with Gasteiger partial charge in [-0.15, -0.1) is 0 Å². The fourth-order valence-electron chi connectivity index (χ4n) is 2.13. The molecular weight excluding hydrogens is 220 g/mol. The Bertz CT molecular complexity index is 228. The van der Waals surface area contributed by atoms with Crippen molar-refractivity contribution < 1.29 is 14.3 Å². The van der Waals surface area contributed by atoms with Crippen molar-refractivity contribution in [1.82, 2.24) is 5.43 Å². The lowest BCUT2D eigenvalue weighted by molar-refractivity contribution is -0.164. The van der Waals surface area contributed by atoms with Gasteiger partial charge in [0.15, 0.2) is 5.79 Å². The maximum absolute atomic E-state index is 10.9. The standard InChI is InChI=1S/C12H24N2O3/c1-2-12(16-9-10-17-12)8-6-4-3-5-7-11(15)14-13/h2-10,13H2,1H3,(H,14,15). The number of amides is 1. The summed E-state index contributed by atoms with van der Waals surface area (Å²) >= 11 is 0. The lowest BCUT2D eigenvalue weighted by atomic mass is 10.0. The van der Waals surface area contributed by atoms with Crippen molar-refractivity contribution in [3.63, 3.8) is 0 Å². The van der Waals surface area contributed by atoms with E-state index in [1.54, 1.807) is 0 Å². The maximum atomic E-state index is 10.9. The van der Waals surface area contributed by atoms with Crippen LogP contribution in [0.3, 0.4) is 0 Å². The average Bonchev–Trinajstić information content (AvgIpc) is 2.82. The molecule has 1 aliphatic heterocycles. The van der Waals surface area contributed by atoms with Crippen LogP contribution >= 0.6 is 0 Å². The first kappa shape index (κ1) is 14.4. The number of hydrogen-bond acceptors (Lipinski definition) is 4. The summed E-state index contributed by atoms with van der Waals surface area (Å²) < 4.78 is 11.3. The van der Waals surface area contributed by atoms with Crippen molar-refractivity contribution in [3.05, 3.63) is 0 Å². The second-order valence-electron chi connectivity index (χ2n) is 4.44. The predicted molar refractivity (Wildman–Crippen MR) is 65.0 cm³/mol. The third-order valence-electron chi connectivity index (χ3n) is 3.22. The largest absolute Gasteiger partial charge is 0.348 e. The molecule has 0 aromatic carbocycles. The van der Waals surface area contributed by atoms with Crippen LogP contribution < -0.4 is 11.3 Å². The SMILES string of the molecule is CCC1(CCCCCCC(=O)NN)OCCO1. The molecular formula is C12H24N2O3. The first-order chi connectivity index (χ1) is 8.22. The Hall–Kier alpha value is -0.650. The van der Waals surface area contributed by atoms with Crippen LogP contribution in [0.5, 0.6) is 0 Å². The number of ether oxygens (including phenoxy) is 2. The summed E-state index contributed by atoms with van der Waals surface area (Å²) in [6, 6.07) is 0. The van der Waals surface area contributed by atoms with Crippen LogP contribution in [0.1, 0.15) is 51.9 Å². The molecule has 0 radical (unpaired) electrons. The van der Waals surface area contributed by atoms with E-state index in [2.05, 4.69) is 12.3 Å². The number of nitrogens with one attached hydrogen (secondary N) is 1. The molecule has 0 bridgehead atoms. The van der Waals surface area contributed by atoms with Crippen LogP contribution in [0.25, 0.3) is 0 Å². The lowest BCUT2D eigenvalue weighted by Crippen LogP contribution is -2.29. The van der Waals surface area contributed by atoms with Gasteiger partial charge < -0.3 is 9.47 Å². The summed E-state index contributed by atoms with van der Waals surface area (Å²) in [5.41, 5.74) is 2.14. The van der Waals surface area contributed by atoms with E-state index in [0.29, 0.717) is 19.6 Å². The molecule has 1 amide bonds. The Labute approximate surface area is 103 Å². The van der Waals surface area contributed by atoms with Gasteiger partial charge in [-0.25, -0.2) is 5.84 Å². The van der Waals surface area contributed by atoms with Gasteiger partial charge in [0.1, 0.15) is 0 Å². The third kappa shape index (κ3) is 5.02. The number of rotatable bonds is 8. The molecule has 17 heavy (non-hydrogen) atoms. The Kier molecular flexibility index (Phi) is 6.47. The quantitative estimate of drug-likeness (QED) is 0.293. The van der Waals surface area contributed by atoms with Crippen LogP contribution in [0, 0.1) is 0 Å². The molecule has 1 rings (SSSR count). The molecule has 1 aliphatic rings. The van der Waals surface area contributed by atoms with E-state index in [1.807, 2.05) is 0 Å². The van der Waals surface area contributed by atoms with E-state index >= 15 is 0 Å². The molecule has 0 aromatic rings. The highest BCUT2D eigenvalue weighted by molar-refractivity contribution is 5.74. The smallest absolute Gasteiger partial charge is 0.233 e. The van der Waals surface area contributed by atoms with Crippen LogP contribution in [-0.2, 0) is 14.3 Å². The van der Waals surface area contributed by atoms with Gasteiger partial charge in [0.25, 0.3) is 0 Å². The normalized spacial score (nSPS) is 18.2. The molecule has 0 unspecified atom stereocenters. The Morgan fingerprint density at radius 3 is 2.47 bits per heavy atom. The molecule has 5 heteroatoms. The molecule has 0 spiro atoms. The fourth-order valence-corrected chi connectivity index (χ4v) is 2.13. The van der Waals surface area contributed by atoms with Gasteiger partial charge in [-0.1, -0.05) is 19.8 Å². The third-order valence-corrected chi connectivity index (χ3v) is 3.22. The van der Waals surface area contributed by atoms with Crippen LogP contribution in [-0.4, -0.2) is 24.9 Å². The highest BCUT2D eigenvalue weighted by atomic mass is 16.7.